The Kier molecular flexibility index (Phi) is 3.26. The Morgan fingerprint density at radius 3 is 2.77 bits per heavy atom. The Bertz CT molecular complexity index is 767. The molecular weight excluding hydrogens is 272 g/mol. The first-order valence-corrected chi connectivity index (χ1v) is 7.97. The maximum absolute atomic E-state index is 4.90. The van der Waals surface area contributed by atoms with Crippen LogP contribution in [0.1, 0.15) is 11.4 Å². The molecule has 1 aliphatic carbocycles. The SMILES string of the molecule is CN(C)Cc1ccc2c(c1)nc1n2CCN(C2=CC=C2)CC1. The van der Waals surface area contributed by atoms with Crippen molar-refractivity contribution in [3.63, 3.8) is 0 Å². The predicted octanol–water partition coefficient (Wildman–Crippen LogP) is 2.41. The number of imidazole rings is 1. The average molecular weight is 294 g/mol. The van der Waals surface area contributed by atoms with Crippen LogP contribution in [0.5, 0.6) is 0 Å². The van der Waals surface area contributed by atoms with E-state index in [1.807, 2.05) is 0 Å². The molecule has 0 atom stereocenters. The molecule has 2 heterocycles. The zero-order chi connectivity index (χ0) is 15.1. The number of benzene rings is 1. The molecule has 0 saturated heterocycles. The first-order valence-electron chi connectivity index (χ1n) is 7.97. The van der Waals surface area contributed by atoms with Crippen molar-refractivity contribution in [1.29, 1.82) is 0 Å². The van der Waals surface area contributed by atoms with Crippen molar-refractivity contribution in [2.24, 2.45) is 0 Å². The first-order chi connectivity index (χ1) is 10.7. The minimum atomic E-state index is 0.965. The molecule has 1 aromatic heterocycles. The van der Waals surface area contributed by atoms with Gasteiger partial charge in [-0.15, -0.1) is 0 Å². The summed E-state index contributed by atoms with van der Waals surface area (Å²) in [5.74, 6) is 1.23. The molecule has 0 bridgehead atoms. The molecule has 1 aromatic carbocycles. The highest BCUT2D eigenvalue weighted by Crippen LogP contribution is 2.23. The standard InChI is InChI=1S/C18H22N4/c1-20(2)13-14-6-7-17-16(12-14)19-18-8-9-21(10-11-22(17)18)15-4-3-5-15/h3-7,12H,8-11,13H2,1-2H3. The number of hydrogen-bond acceptors (Lipinski definition) is 3. The van der Waals surface area contributed by atoms with Crippen molar-refractivity contribution in [1.82, 2.24) is 19.4 Å². The maximum Gasteiger partial charge on any atom is 0.111 e. The third-order valence-electron chi connectivity index (χ3n) is 4.49. The first kappa shape index (κ1) is 13.6. The van der Waals surface area contributed by atoms with E-state index in [0.717, 1.165) is 38.1 Å². The molecule has 4 rings (SSSR count). The van der Waals surface area contributed by atoms with E-state index < -0.39 is 0 Å². The van der Waals surface area contributed by atoms with Gasteiger partial charge in [0.15, 0.2) is 0 Å². The molecule has 2 aliphatic rings. The number of nitrogens with zero attached hydrogens (tertiary/aromatic N) is 4. The number of rotatable bonds is 3. The van der Waals surface area contributed by atoms with E-state index in [2.05, 4.69) is 64.9 Å². The molecule has 0 spiro atoms. The van der Waals surface area contributed by atoms with Crippen molar-refractivity contribution >= 4 is 11.0 Å². The van der Waals surface area contributed by atoms with E-state index in [4.69, 9.17) is 4.98 Å². The summed E-state index contributed by atoms with van der Waals surface area (Å²) in [7, 11) is 4.20. The molecule has 4 heteroatoms. The van der Waals surface area contributed by atoms with E-state index in [1.165, 1.54) is 22.6 Å². The molecule has 0 unspecified atom stereocenters. The van der Waals surface area contributed by atoms with Crippen molar-refractivity contribution < 1.29 is 0 Å². The molecule has 22 heavy (non-hydrogen) atoms. The van der Waals surface area contributed by atoms with Gasteiger partial charge in [-0.2, -0.15) is 0 Å². The van der Waals surface area contributed by atoms with Gasteiger partial charge in [-0.1, -0.05) is 12.1 Å². The van der Waals surface area contributed by atoms with Crippen molar-refractivity contribution in [3.05, 3.63) is 53.5 Å². The van der Waals surface area contributed by atoms with Gasteiger partial charge in [0.25, 0.3) is 0 Å². The van der Waals surface area contributed by atoms with Crippen LogP contribution < -0.4 is 0 Å². The number of hydrogen-bond donors (Lipinski definition) is 0. The van der Waals surface area contributed by atoms with E-state index in [-0.39, 0.29) is 0 Å². The molecule has 0 amide bonds. The molecular formula is C18H22N4. The van der Waals surface area contributed by atoms with Gasteiger partial charge in [-0.05, 0) is 43.9 Å². The Morgan fingerprint density at radius 2 is 2.05 bits per heavy atom. The lowest BCUT2D eigenvalue weighted by Crippen LogP contribution is -2.26. The van der Waals surface area contributed by atoms with Crippen molar-refractivity contribution in [2.45, 2.75) is 19.5 Å². The zero-order valence-electron chi connectivity index (χ0n) is 13.3. The predicted molar refractivity (Wildman–Crippen MR) is 89.6 cm³/mol. The summed E-state index contributed by atoms with van der Waals surface area (Å²) >= 11 is 0. The van der Waals surface area contributed by atoms with Crippen molar-refractivity contribution in [3.8, 4) is 0 Å². The fourth-order valence-corrected chi connectivity index (χ4v) is 3.35. The van der Waals surface area contributed by atoms with Gasteiger partial charge in [0.05, 0.1) is 11.0 Å². The second-order valence-electron chi connectivity index (χ2n) is 6.43. The van der Waals surface area contributed by atoms with Crippen LogP contribution in [0, 0.1) is 0 Å². The van der Waals surface area contributed by atoms with Crippen LogP contribution in [0.3, 0.4) is 0 Å². The minimum absolute atomic E-state index is 0.965. The van der Waals surface area contributed by atoms with Crippen LogP contribution in [0.25, 0.3) is 11.0 Å². The molecule has 1 aliphatic heterocycles. The fraction of sp³-hybridized carbons (Fsp3) is 0.389. The van der Waals surface area contributed by atoms with Crippen LogP contribution in [0.2, 0.25) is 0 Å². The third-order valence-corrected chi connectivity index (χ3v) is 4.49. The summed E-state index contributed by atoms with van der Waals surface area (Å²) in [6.07, 6.45) is 7.52. The lowest BCUT2D eigenvalue weighted by atomic mass is 10.2. The summed E-state index contributed by atoms with van der Waals surface area (Å²) in [5, 5.41) is 0. The molecule has 0 fully saturated rings. The normalized spacial score (nSPS) is 17.4. The highest BCUT2D eigenvalue weighted by molar-refractivity contribution is 5.77. The largest absolute Gasteiger partial charge is 0.369 e. The highest BCUT2D eigenvalue weighted by Gasteiger charge is 2.19. The number of aromatic nitrogens is 2. The summed E-state index contributed by atoms with van der Waals surface area (Å²) in [4.78, 5) is 9.55. The highest BCUT2D eigenvalue weighted by atomic mass is 15.2. The Hall–Kier alpha value is -2.07. The van der Waals surface area contributed by atoms with E-state index in [9.17, 15) is 0 Å². The summed E-state index contributed by atoms with van der Waals surface area (Å²) in [6, 6.07) is 6.71. The Labute approximate surface area is 131 Å². The second kappa shape index (κ2) is 5.29. The van der Waals surface area contributed by atoms with Crippen LogP contribution in [-0.4, -0.2) is 46.5 Å². The van der Waals surface area contributed by atoms with Gasteiger partial charge in [0.1, 0.15) is 5.82 Å². The lowest BCUT2D eigenvalue weighted by molar-refractivity contribution is 0.359. The van der Waals surface area contributed by atoms with E-state index in [1.54, 1.807) is 0 Å². The molecule has 0 N–H and O–H groups in total. The quantitative estimate of drug-likeness (QED) is 0.869. The van der Waals surface area contributed by atoms with Gasteiger partial charge < -0.3 is 14.4 Å². The molecule has 114 valence electrons. The topological polar surface area (TPSA) is 24.3 Å². The fourth-order valence-electron chi connectivity index (χ4n) is 3.35. The van der Waals surface area contributed by atoms with Gasteiger partial charge in [-0.25, -0.2) is 4.98 Å². The van der Waals surface area contributed by atoms with Crippen molar-refractivity contribution in [2.75, 3.05) is 27.2 Å². The maximum atomic E-state index is 4.90. The van der Waals surface area contributed by atoms with Crippen LogP contribution in [0.4, 0.5) is 0 Å². The summed E-state index contributed by atoms with van der Waals surface area (Å²) in [6.45, 7) is 4.11. The lowest BCUT2D eigenvalue weighted by Gasteiger charge is -2.25. The Morgan fingerprint density at radius 1 is 1.18 bits per heavy atom. The average Bonchev–Trinajstić information content (AvgIpc) is 2.63. The second-order valence-corrected chi connectivity index (χ2v) is 6.43. The molecule has 2 aromatic rings. The van der Waals surface area contributed by atoms with E-state index in [0.29, 0.717) is 0 Å². The van der Waals surface area contributed by atoms with Crippen LogP contribution in [0.15, 0.2) is 42.1 Å². The smallest absolute Gasteiger partial charge is 0.111 e. The molecule has 0 saturated carbocycles. The number of allylic oxidation sites excluding steroid dienone is 3. The van der Waals surface area contributed by atoms with Gasteiger partial charge in [-0.3, -0.25) is 0 Å². The number of fused-ring (bicyclic) bond motifs is 3. The third kappa shape index (κ3) is 2.33. The summed E-state index contributed by atoms with van der Waals surface area (Å²) < 4.78 is 2.40. The molecule has 0 radical (unpaired) electrons. The van der Waals surface area contributed by atoms with Gasteiger partial charge in [0, 0.05) is 38.3 Å². The van der Waals surface area contributed by atoms with Gasteiger partial charge in [0.2, 0.25) is 0 Å². The molecule has 4 nitrogen and oxygen atoms in total. The van der Waals surface area contributed by atoms with E-state index >= 15 is 0 Å². The monoisotopic (exact) mass is 294 g/mol. The Balaban J connectivity index is 1.62. The zero-order valence-corrected chi connectivity index (χ0v) is 13.3. The minimum Gasteiger partial charge on any atom is -0.369 e. The van der Waals surface area contributed by atoms with Crippen LogP contribution >= 0.6 is 0 Å². The summed E-state index contributed by atoms with van der Waals surface area (Å²) in [5.41, 5.74) is 5.11. The van der Waals surface area contributed by atoms with Crippen LogP contribution in [-0.2, 0) is 19.5 Å². The van der Waals surface area contributed by atoms with Gasteiger partial charge >= 0.3 is 0 Å².